The molecule has 9 nitrogen and oxygen atoms in total. The number of hydrogen-bond donors (Lipinski definition) is 5. The first-order valence-electron chi connectivity index (χ1n) is 12.3. The number of nitrogens with two attached hydrogens (primary N) is 1. The van der Waals surface area contributed by atoms with Crippen LogP contribution in [-0.2, 0) is 25.6 Å². The summed E-state index contributed by atoms with van der Waals surface area (Å²) in [6, 6.07) is 5.25. The SMILES string of the molecule is CCC(C)C(NC(=O)C(N)C(C)C)C(=O)NC(CC(C)C)C(=O)NC(Cc1ccccc1)C(=O)O. The molecule has 0 heterocycles. The smallest absolute Gasteiger partial charge is 0.326 e. The summed E-state index contributed by atoms with van der Waals surface area (Å²) in [4.78, 5) is 50.7. The number of hydrogen-bond acceptors (Lipinski definition) is 5. The molecular formula is C26H42N4O5. The van der Waals surface area contributed by atoms with Gasteiger partial charge in [-0.25, -0.2) is 4.79 Å². The molecule has 1 aromatic rings. The van der Waals surface area contributed by atoms with Crippen LogP contribution in [0.5, 0.6) is 0 Å². The Bertz CT molecular complexity index is 843. The van der Waals surface area contributed by atoms with E-state index < -0.39 is 47.9 Å². The molecule has 0 spiro atoms. The van der Waals surface area contributed by atoms with Gasteiger partial charge >= 0.3 is 5.97 Å². The van der Waals surface area contributed by atoms with Gasteiger partial charge < -0.3 is 26.8 Å². The van der Waals surface area contributed by atoms with Crippen LogP contribution in [0.15, 0.2) is 30.3 Å². The standard InChI is InChI=1S/C26H42N4O5/c1-7-17(6)22(30-24(32)21(27)16(4)5)25(33)28-19(13-15(2)3)23(31)29-20(26(34)35)14-18-11-9-8-10-12-18/h8-12,15-17,19-22H,7,13-14,27H2,1-6H3,(H,28,33)(H,29,31)(H,30,32)(H,34,35). The van der Waals surface area contributed by atoms with Gasteiger partial charge in [0.2, 0.25) is 17.7 Å². The van der Waals surface area contributed by atoms with Crippen molar-refractivity contribution in [2.45, 2.75) is 85.0 Å². The van der Waals surface area contributed by atoms with Crippen LogP contribution in [0.2, 0.25) is 0 Å². The molecule has 35 heavy (non-hydrogen) atoms. The van der Waals surface area contributed by atoms with Crippen molar-refractivity contribution in [2.24, 2.45) is 23.5 Å². The lowest BCUT2D eigenvalue weighted by atomic mass is 9.95. The second-order valence-corrected chi connectivity index (χ2v) is 9.92. The Kier molecular flexibility index (Phi) is 12.4. The van der Waals surface area contributed by atoms with Gasteiger partial charge in [-0.1, -0.05) is 78.3 Å². The highest BCUT2D eigenvalue weighted by Crippen LogP contribution is 2.12. The quantitative estimate of drug-likeness (QED) is 0.268. The Balaban J connectivity index is 3.03. The largest absolute Gasteiger partial charge is 0.480 e. The first-order valence-corrected chi connectivity index (χ1v) is 12.3. The van der Waals surface area contributed by atoms with E-state index in [2.05, 4.69) is 16.0 Å². The number of amides is 3. The number of carbonyl (C=O) groups is 4. The molecule has 0 radical (unpaired) electrons. The van der Waals surface area contributed by atoms with E-state index in [0.29, 0.717) is 12.8 Å². The van der Waals surface area contributed by atoms with Crippen molar-refractivity contribution in [3.05, 3.63) is 35.9 Å². The van der Waals surface area contributed by atoms with Crippen molar-refractivity contribution in [1.82, 2.24) is 16.0 Å². The molecule has 0 aliphatic rings. The van der Waals surface area contributed by atoms with Gasteiger partial charge in [-0.15, -0.1) is 0 Å². The summed E-state index contributed by atoms with van der Waals surface area (Å²) in [7, 11) is 0. The van der Waals surface area contributed by atoms with Crippen molar-refractivity contribution in [1.29, 1.82) is 0 Å². The minimum Gasteiger partial charge on any atom is -0.480 e. The van der Waals surface area contributed by atoms with E-state index in [1.54, 1.807) is 24.3 Å². The van der Waals surface area contributed by atoms with Crippen molar-refractivity contribution in [3.8, 4) is 0 Å². The third-order valence-corrected chi connectivity index (χ3v) is 6.05. The molecule has 0 aromatic heterocycles. The fourth-order valence-corrected chi connectivity index (χ4v) is 3.54. The van der Waals surface area contributed by atoms with E-state index in [4.69, 9.17) is 5.73 Å². The van der Waals surface area contributed by atoms with Gasteiger partial charge in [-0.2, -0.15) is 0 Å². The Morgan fingerprint density at radius 3 is 1.91 bits per heavy atom. The lowest BCUT2D eigenvalue weighted by molar-refractivity contribution is -0.142. The molecule has 5 atom stereocenters. The topological polar surface area (TPSA) is 151 Å². The zero-order valence-corrected chi connectivity index (χ0v) is 21.7. The highest BCUT2D eigenvalue weighted by Gasteiger charge is 2.33. The molecule has 0 aliphatic carbocycles. The number of benzene rings is 1. The van der Waals surface area contributed by atoms with Gasteiger partial charge in [0.15, 0.2) is 0 Å². The summed E-state index contributed by atoms with van der Waals surface area (Å²) in [6.07, 6.45) is 1.04. The average molecular weight is 491 g/mol. The molecule has 0 bridgehead atoms. The summed E-state index contributed by atoms with van der Waals surface area (Å²) < 4.78 is 0. The Morgan fingerprint density at radius 1 is 0.857 bits per heavy atom. The first kappa shape index (κ1) is 30.1. The van der Waals surface area contributed by atoms with E-state index in [-0.39, 0.29) is 24.2 Å². The average Bonchev–Trinajstić information content (AvgIpc) is 2.80. The van der Waals surface area contributed by atoms with Gasteiger partial charge in [-0.05, 0) is 29.7 Å². The normalized spacial score (nSPS) is 15.6. The lowest BCUT2D eigenvalue weighted by Crippen LogP contribution is -2.59. The van der Waals surface area contributed by atoms with Gasteiger partial charge in [0.05, 0.1) is 6.04 Å². The fraction of sp³-hybridized carbons (Fsp3) is 0.615. The maximum Gasteiger partial charge on any atom is 0.326 e. The first-order chi connectivity index (χ1) is 16.4. The molecule has 6 N–H and O–H groups in total. The van der Waals surface area contributed by atoms with Gasteiger partial charge in [0.25, 0.3) is 0 Å². The number of carbonyl (C=O) groups excluding carboxylic acids is 3. The number of carboxylic acids is 1. The lowest BCUT2D eigenvalue weighted by Gasteiger charge is -2.29. The summed E-state index contributed by atoms with van der Waals surface area (Å²) in [5, 5.41) is 17.7. The maximum absolute atomic E-state index is 13.2. The molecular weight excluding hydrogens is 448 g/mol. The molecule has 0 aliphatic heterocycles. The highest BCUT2D eigenvalue weighted by molar-refractivity contribution is 5.94. The Labute approximate surface area is 208 Å². The maximum atomic E-state index is 13.2. The van der Waals surface area contributed by atoms with Crippen LogP contribution in [0.25, 0.3) is 0 Å². The molecule has 5 unspecified atom stereocenters. The number of nitrogens with one attached hydrogen (secondary N) is 3. The molecule has 0 saturated carbocycles. The van der Waals surface area contributed by atoms with Gasteiger partial charge in [0, 0.05) is 6.42 Å². The third-order valence-electron chi connectivity index (χ3n) is 6.05. The number of aliphatic carboxylic acids is 1. The molecule has 1 aromatic carbocycles. The zero-order chi connectivity index (χ0) is 26.7. The molecule has 0 fully saturated rings. The predicted molar refractivity (Wildman–Crippen MR) is 135 cm³/mol. The van der Waals surface area contributed by atoms with Gasteiger partial charge in [-0.3, -0.25) is 14.4 Å². The molecule has 0 saturated heterocycles. The minimum absolute atomic E-state index is 0.0504. The summed E-state index contributed by atoms with van der Waals surface area (Å²) in [5.41, 5.74) is 6.72. The van der Waals surface area contributed by atoms with Crippen LogP contribution >= 0.6 is 0 Å². The van der Waals surface area contributed by atoms with Crippen LogP contribution in [-0.4, -0.2) is 53.0 Å². The Morgan fingerprint density at radius 2 is 1.43 bits per heavy atom. The van der Waals surface area contributed by atoms with Crippen molar-refractivity contribution in [2.75, 3.05) is 0 Å². The summed E-state index contributed by atoms with van der Waals surface area (Å²) >= 11 is 0. The van der Waals surface area contributed by atoms with Gasteiger partial charge in [0.1, 0.15) is 18.1 Å². The van der Waals surface area contributed by atoms with Crippen molar-refractivity contribution >= 4 is 23.7 Å². The van der Waals surface area contributed by atoms with E-state index in [0.717, 1.165) is 5.56 Å². The van der Waals surface area contributed by atoms with Crippen LogP contribution in [0.4, 0.5) is 0 Å². The number of rotatable bonds is 14. The van der Waals surface area contributed by atoms with Crippen LogP contribution in [0.1, 0.15) is 59.9 Å². The fourth-order valence-electron chi connectivity index (χ4n) is 3.54. The highest BCUT2D eigenvalue weighted by atomic mass is 16.4. The van der Waals surface area contributed by atoms with Crippen LogP contribution < -0.4 is 21.7 Å². The second kappa shape index (κ2) is 14.5. The monoisotopic (exact) mass is 490 g/mol. The van der Waals surface area contributed by atoms with Crippen molar-refractivity contribution < 1.29 is 24.3 Å². The molecule has 1 rings (SSSR count). The predicted octanol–water partition coefficient (Wildman–Crippen LogP) is 1.84. The van der Waals surface area contributed by atoms with E-state index in [1.165, 1.54) is 0 Å². The van der Waals surface area contributed by atoms with E-state index in [9.17, 15) is 24.3 Å². The second-order valence-electron chi connectivity index (χ2n) is 9.92. The molecule has 196 valence electrons. The molecule has 3 amide bonds. The minimum atomic E-state index is -1.16. The van der Waals surface area contributed by atoms with E-state index in [1.807, 2.05) is 47.6 Å². The summed E-state index contributed by atoms with van der Waals surface area (Å²) in [6.45, 7) is 11.2. The van der Waals surface area contributed by atoms with Crippen LogP contribution in [0.3, 0.4) is 0 Å². The molecule has 9 heteroatoms. The number of carboxylic acid groups (broad SMARTS) is 1. The Hall–Kier alpha value is -2.94. The van der Waals surface area contributed by atoms with Crippen molar-refractivity contribution in [3.63, 3.8) is 0 Å². The van der Waals surface area contributed by atoms with E-state index >= 15 is 0 Å². The summed E-state index contributed by atoms with van der Waals surface area (Å²) in [5.74, 6) is -2.93. The zero-order valence-electron chi connectivity index (χ0n) is 21.7. The van der Waals surface area contributed by atoms with Crippen LogP contribution in [0, 0.1) is 17.8 Å². The third kappa shape index (κ3) is 10.1.